The largest absolute Gasteiger partial charge is 0.471 e. The van der Waals surface area contributed by atoms with Crippen LogP contribution in [0.25, 0.3) is 11.4 Å². The van der Waals surface area contributed by atoms with Gasteiger partial charge in [0.1, 0.15) is 0 Å². The van der Waals surface area contributed by atoms with Crippen LogP contribution < -0.4 is 5.32 Å². The number of hydrogen-bond donors (Lipinski definition) is 1. The number of hydrogen-bond acceptors (Lipinski definition) is 5. The molecular weight excluding hydrogens is 373 g/mol. The quantitative estimate of drug-likeness (QED) is 0.728. The first-order chi connectivity index (χ1) is 13.3. The fraction of sp³-hybridized carbons (Fsp3) is 0.158. The van der Waals surface area contributed by atoms with Crippen LogP contribution in [0.15, 0.2) is 53.1 Å². The second-order valence-electron chi connectivity index (χ2n) is 5.93. The molecule has 3 aromatic rings. The normalized spacial score (nSPS) is 12.2. The highest BCUT2D eigenvalue weighted by Crippen LogP contribution is 2.29. The van der Waals surface area contributed by atoms with Gasteiger partial charge in [0.15, 0.2) is 0 Å². The van der Waals surface area contributed by atoms with Gasteiger partial charge in [0.05, 0.1) is 17.7 Å². The minimum Gasteiger partial charge on any atom is -0.346 e. The lowest BCUT2D eigenvalue weighted by molar-refractivity contribution is -0.159. The highest BCUT2D eigenvalue weighted by Gasteiger charge is 2.38. The van der Waals surface area contributed by atoms with Crippen molar-refractivity contribution in [1.82, 2.24) is 15.5 Å². The van der Waals surface area contributed by atoms with Gasteiger partial charge in [-0.15, -0.1) is 0 Å². The number of carbonyl (C=O) groups excluding carboxylic acids is 1. The van der Waals surface area contributed by atoms with Crippen LogP contribution in [0.3, 0.4) is 0 Å². The van der Waals surface area contributed by atoms with Gasteiger partial charge >= 0.3 is 12.1 Å². The van der Waals surface area contributed by atoms with Gasteiger partial charge in [-0.2, -0.15) is 23.4 Å². The molecule has 6 nitrogen and oxygen atoms in total. The fourth-order valence-electron chi connectivity index (χ4n) is 2.44. The summed E-state index contributed by atoms with van der Waals surface area (Å²) in [6.45, 7) is 1.80. The molecule has 28 heavy (non-hydrogen) atoms. The first kappa shape index (κ1) is 19.1. The van der Waals surface area contributed by atoms with Crippen LogP contribution in [0, 0.1) is 11.3 Å². The number of aromatic nitrogens is 2. The number of nitriles is 1. The van der Waals surface area contributed by atoms with E-state index in [1.807, 2.05) is 6.07 Å². The van der Waals surface area contributed by atoms with Crippen molar-refractivity contribution in [2.45, 2.75) is 19.1 Å². The molecule has 1 aromatic heterocycles. The molecule has 3 rings (SSSR count). The van der Waals surface area contributed by atoms with Gasteiger partial charge in [-0.3, -0.25) is 4.79 Å². The summed E-state index contributed by atoms with van der Waals surface area (Å²) in [5, 5.41) is 14.9. The third-order valence-electron chi connectivity index (χ3n) is 3.96. The minimum atomic E-state index is -4.72. The Hall–Kier alpha value is -3.67. The van der Waals surface area contributed by atoms with E-state index in [0.29, 0.717) is 11.1 Å². The van der Waals surface area contributed by atoms with Crippen LogP contribution in [0.4, 0.5) is 13.2 Å². The van der Waals surface area contributed by atoms with Crippen molar-refractivity contribution >= 4 is 5.91 Å². The molecule has 0 saturated carbocycles. The number of carbonyl (C=O) groups is 1. The van der Waals surface area contributed by atoms with Gasteiger partial charge in [-0.25, -0.2) is 0 Å². The highest BCUT2D eigenvalue weighted by molar-refractivity contribution is 5.94. The molecule has 0 fully saturated rings. The Morgan fingerprint density at radius 1 is 1.14 bits per heavy atom. The number of benzene rings is 2. The van der Waals surface area contributed by atoms with Gasteiger partial charge in [0, 0.05) is 11.1 Å². The van der Waals surface area contributed by atoms with Gasteiger partial charge in [0.25, 0.3) is 5.91 Å². The molecular formula is C19H13F3N4O2. The topological polar surface area (TPSA) is 91.8 Å². The van der Waals surface area contributed by atoms with E-state index in [1.165, 1.54) is 24.3 Å². The van der Waals surface area contributed by atoms with Crippen LogP contribution in [-0.4, -0.2) is 16.0 Å². The average Bonchev–Trinajstić information content (AvgIpc) is 3.19. The zero-order valence-electron chi connectivity index (χ0n) is 14.5. The molecule has 0 radical (unpaired) electrons. The number of nitrogens with zero attached hydrogens (tertiary/aromatic N) is 3. The molecule has 1 amide bonds. The third-order valence-corrected chi connectivity index (χ3v) is 3.96. The molecule has 2 aromatic carbocycles. The highest BCUT2D eigenvalue weighted by atomic mass is 19.4. The van der Waals surface area contributed by atoms with Crippen LogP contribution in [0.2, 0.25) is 0 Å². The summed E-state index contributed by atoms with van der Waals surface area (Å²) in [5.41, 5.74) is 1.96. The summed E-state index contributed by atoms with van der Waals surface area (Å²) in [6.07, 6.45) is -4.72. The monoisotopic (exact) mass is 386 g/mol. The standard InChI is InChI=1S/C19H13F3N4O2/c1-11(13-4-2-12(10-23)3-5-13)24-17(27)15-8-6-14(7-9-15)16-25-18(28-26-16)19(20,21)22/h2-9,11H,1H3,(H,24,27)/t11-/m1/s1. The molecule has 1 N–H and O–H groups in total. The van der Waals surface area contributed by atoms with E-state index in [4.69, 9.17) is 5.26 Å². The summed E-state index contributed by atoms with van der Waals surface area (Å²) < 4.78 is 41.8. The molecule has 0 aliphatic rings. The van der Waals surface area contributed by atoms with E-state index < -0.39 is 12.1 Å². The summed E-state index contributed by atoms with van der Waals surface area (Å²) >= 11 is 0. The predicted octanol–water partition coefficient (Wildman–Crippen LogP) is 4.12. The van der Waals surface area contributed by atoms with E-state index in [9.17, 15) is 18.0 Å². The number of nitrogens with one attached hydrogen (secondary N) is 1. The van der Waals surface area contributed by atoms with E-state index in [-0.39, 0.29) is 23.3 Å². The Kier molecular flexibility index (Phi) is 5.13. The van der Waals surface area contributed by atoms with E-state index in [1.54, 1.807) is 31.2 Å². The van der Waals surface area contributed by atoms with E-state index in [0.717, 1.165) is 5.56 Å². The SMILES string of the molecule is C[C@@H](NC(=O)c1ccc(-c2noc(C(F)(F)F)n2)cc1)c1ccc(C#N)cc1. The molecule has 1 heterocycles. The molecule has 142 valence electrons. The van der Waals surface area contributed by atoms with Crippen LogP contribution in [0.5, 0.6) is 0 Å². The number of halogens is 3. The van der Waals surface area contributed by atoms with Crippen LogP contribution in [-0.2, 0) is 6.18 Å². The maximum absolute atomic E-state index is 12.5. The molecule has 0 spiro atoms. The van der Waals surface area contributed by atoms with Crippen molar-refractivity contribution in [2.24, 2.45) is 0 Å². The van der Waals surface area contributed by atoms with Gasteiger partial charge in [-0.1, -0.05) is 29.4 Å². The molecule has 0 bridgehead atoms. The maximum Gasteiger partial charge on any atom is 0.471 e. The van der Waals surface area contributed by atoms with Crippen molar-refractivity contribution in [2.75, 3.05) is 0 Å². The zero-order chi connectivity index (χ0) is 20.3. The Bertz CT molecular complexity index is 1020. The van der Waals surface area contributed by atoms with Gasteiger partial charge in [-0.05, 0) is 36.8 Å². The number of rotatable bonds is 4. The maximum atomic E-state index is 12.5. The fourth-order valence-corrected chi connectivity index (χ4v) is 2.44. The Morgan fingerprint density at radius 3 is 2.32 bits per heavy atom. The van der Waals surface area contributed by atoms with Crippen molar-refractivity contribution in [3.63, 3.8) is 0 Å². The van der Waals surface area contributed by atoms with Gasteiger partial charge < -0.3 is 9.84 Å². The molecule has 0 aliphatic heterocycles. The molecule has 0 saturated heterocycles. The Labute approximate surface area is 157 Å². The van der Waals surface area contributed by atoms with Crippen molar-refractivity contribution < 1.29 is 22.5 Å². The Balaban J connectivity index is 1.69. The number of alkyl halides is 3. The number of amides is 1. The second-order valence-corrected chi connectivity index (χ2v) is 5.93. The second kappa shape index (κ2) is 7.52. The first-order valence-electron chi connectivity index (χ1n) is 8.10. The summed E-state index contributed by atoms with van der Waals surface area (Å²) in [6, 6.07) is 14.3. The first-order valence-corrected chi connectivity index (χ1v) is 8.10. The summed E-state index contributed by atoms with van der Waals surface area (Å²) in [7, 11) is 0. The van der Waals surface area contributed by atoms with Crippen molar-refractivity contribution in [3.05, 3.63) is 71.1 Å². The Morgan fingerprint density at radius 2 is 1.79 bits per heavy atom. The predicted molar refractivity (Wildman–Crippen MR) is 91.8 cm³/mol. The zero-order valence-corrected chi connectivity index (χ0v) is 14.5. The third kappa shape index (κ3) is 4.17. The summed E-state index contributed by atoms with van der Waals surface area (Å²) in [4.78, 5) is 15.7. The van der Waals surface area contributed by atoms with Crippen molar-refractivity contribution in [3.8, 4) is 17.5 Å². The van der Waals surface area contributed by atoms with E-state index >= 15 is 0 Å². The smallest absolute Gasteiger partial charge is 0.346 e. The van der Waals surface area contributed by atoms with Crippen LogP contribution in [0.1, 0.15) is 40.3 Å². The lowest BCUT2D eigenvalue weighted by Crippen LogP contribution is -2.26. The lowest BCUT2D eigenvalue weighted by atomic mass is 10.1. The van der Waals surface area contributed by atoms with Crippen molar-refractivity contribution in [1.29, 1.82) is 5.26 Å². The average molecular weight is 386 g/mol. The van der Waals surface area contributed by atoms with Gasteiger partial charge in [0.2, 0.25) is 5.82 Å². The molecule has 0 unspecified atom stereocenters. The summed E-state index contributed by atoms with van der Waals surface area (Å²) in [5.74, 6) is -2.00. The molecule has 1 atom stereocenters. The minimum absolute atomic E-state index is 0.217. The van der Waals surface area contributed by atoms with E-state index in [2.05, 4.69) is 20.0 Å². The van der Waals surface area contributed by atoms with Crippen LogP contribution >= 0.6 is 0 Å². The molecule has 9 heteroatoms. The lowest BCUT2D eigenvalue weighted by Gasteiger charge is -2.14. The molecule has 0 aliphatic carbocycles.